The maximum Gasteiger partial charge on any atom is 0.248 e. The Morgan fingerprint density at radius 2 is 1.89 bits per heavy atom. The molecule has 2 aromatic rings. The lowest BCUT2D eigenvalue weighted by molar-refractivity contribution is -0.111. The molecular weight excluding hydrogens is 309 g/mol. The Morgan fingerprint density at radius 3 is 2.58 bits per heavy atom. The van der Waals surface area contributed by atoms with Crippen LogP contribution in [0.4, 0.5) is 10.1 Å². The molecule has 96 valence electrons. The summed E-state index contributed by atoms with van der Waals surface area (Å²) < 4.78 is 13.6. The van der Waals surface area contributed by atoms with Gasteiger partial charge in [-0.1, -0.05) is 34.1 Å². The van der Waals surface area contributed by atoms with E-state index in [9.17, 15) is 9.18 Å². The lowest BCUT2D eigenvalue weighted by Gasteiger charge is -2.02. The molecule has 19 heavy (non-hydrogen) atoms. The maximum atomic E-state index is 12.7. The van der Waals surface area contributed by atoms with Crippen LogP contribution in [0.3, 0.4) is 0 Å². The Morgan fingerprint density at radius 1 is 1.16 bits per heavy atom. The molecule has 0 spiro atoms. The van der Waals surface area contributed by atoms with Crippen molar-refractivity contribution in [2.45, 2.75) is 0 Å². The Bertz CT molecular complexity index is 608. The lowest BCUT2D eigenvalue weighted by Crippen LogP contribution is -2.07. The number of hydrogen-bond donors (Lipinski definition) is 1. The van der Waals surface area contributed by atoms with Crippen LogP contribution in [-0.2, 0) is 4.79 Å². The maximum absolute atomic E-state index is 12.7. The highest BCUT2D eigenvalue weighted by molar-refractivity contribution is 9.10. The zero-order valence-corrected chi connectivity index (χ0v) is 11.5. The second kappa shape index (κ2) is 6.29. The van der Waals surface area contributed by atoms with Crippen molar-refractivity contribution in [2.75, 3.05) is 5.32 Å². The minimum atomic E-state index is -0.296. The highest BCUT2D eigenvalue weighted by Crippen LogP contribution is 2.15. The summed E-state index contributed by atoms with van der Waals surface area (Å²) in [5.41, 5.74) is 1.48. The zero-order valence-electron chi connectivity index (χ0n) is 9.94. The molecule has 1 amide bonds. The summed E-state index contributed by atoms with van der Waals surface area (Å²) in [6.07, 6.45) is 3.04. The Balaban J connectivity index is 1.99. The third-order valence-electron chi connectivity index (χ3n) is 2.39. The molecule has 0 aliphatic carbocycles. The second-order valence-electron chi connectivity index (χ2n) is 3.88. The molecule has 0 aromatic heterocycles. The van der Waals surface area contributed by atoms with Gasteiger partial charge < -0.3 is 5.32 Å². The number of halogens is 2. The molecule has 0 atom stereocenters. The third-order valence-corrected chi connectivity index (χ3v) is 2.88. The van der Waals surface area contributed by atoms with Crippen LogP contribution in [0, 0.1) is 5.82 Å². The summed E-state index contributed by atoms with van der Waals surface area (Å²) in [6.45, 7) is 0. The summed E-state index contributed by atoms with van der Waals surface area (Å²) in [7, 11) is 0. The van der Waals surface area contributed by atoms with Crippen molar-refractivity contribution in [2.24, 2.45) is 0 Å². The Kier molecular flexibility index (Phi) is 4.47. The smallest absolute Gasteiger partial charge is 0.248 e. The number of carbonyl (C=O) groups is 1. The molecule has 0 heterocycles. The Labute approximate surface area is 119 Å². The molecule has 4 heteroatoms. The largest absolute Gasteiger partial charge is 0.322 e. The van der Waals surface area contributed by atoms with Crippen molar-refractivity contribution in [3.8, 4) is 0 Å². The highest BCUT2D eigenvalue weighted by atomic mass is 79.9. The molecule has 0 saturated carbocycles. The number of carbonyl (C=O) groups excluding carboxylic acids is 1. The fourth-order valence-electron chi connectivity index (χ4n) is 1.50. The quantitative estimate of drug-likeness (QED) is 0.842. The summed E-state index contributed by atoms with van der Waals surface area (Å²) >= 11 is 3.33. The first-order valence-electron chi connectivity index (χ1n) is 5.64. The molecule has 0 saturated heterocycles. The minimum Gasteiger partial charge on any atom is -0.322 e. The van der Waals surface area contributed by atoms with Crippen molar-refractivity contribution < 1.29 is 9.18 Å². The normalized spacial score (nSPS) is 10.6. The van der Waals surface area contributed by atoms with E-state index in [4.69, 9.17) is 0 Å². The van der Waals surface area contributed by atoms with Gasteiger partial charge in [-0.15, -0.1) is 0 Å². The molecule has 0 aliphatic rings. The summed E-state index contributed by atoms with van der Waals surface area (Å²) in [4.78, 5) is 11.7. The van der Waals surface area contributed by atoms with Crippen molar-refractivity contribution in [3.63, 3.8) is 0 Å². The predicted molar refractivity (Wildman–Crippen MR) is 78.2 cm³/mol. The molecule has 2 nitrogen and oxygen atoms in total. The van der Waals surface area contributed by atoms with Crippen molar-refractivity contribution >= 4 is 33.6 Å². The zero-order chi connectivity index (χ0) is 13.7. The van der Waals surface area contributed by atoms with E-state index in [2.05, 4.69) is 21.2 Å². The summed E-state index contributed by atoms with van der Waals surface area (Å²) in [5, 5.41) is 2.73. The highest BCUT2D eigenvalue weighted by Gasteiger charge is 1.98. The molecule has 2 rings (SSSR count). The van der Waals surface area contributed by atoms with Gasteiger partial charge in [0.2, 0.25) is 5.91 Å². The van der Waals surface area contributed by atoms with E-state index in [1.807, 2.05) is 18.2 Å². The van der Waals surface area contributed by atoms with E-state index in [0.717, 1.165) is 10.0 Å². The Hall–Kier alpha value is -1.94. The van der Waals surface area contributed by atoms with Crippen LogP contribution in [0.1, 0.15) is 5.56 Å². The molecule has 0 fully saturated rings. The first-order valence-corrected chi connectivity index (χ1v) is 6.43. The van der Waals surface area contributed by atoms with E-state index in [1.54, 1.807) is 24.3 Å². The summed E-state index contributed by atoms with van der Waals surface area (Å²) in [6, 6.07) is 13.2. The molecule has 1 N–H and O–H groups in total. The van der Waals surface area contributed by atoms with Crippen LogP contribution in [-0.4, -0.2) is 5.91 Å². The van der Waals surface area contributed by atoms with Gasteiger partial charge in [-0.3, -0.25) is 4.79 Å². The third kappa shape index (κ3) is 4.34. The van der Waals surface area contributed by atoms with Crippen molar-refractivity contribution in [1.82, 2.24) is 0 Å². The van der Waals surface area contributed by atoms with Gasteiger partial charge in [-0.25, -0.2) is 4.39 Å². The van der Waals surface area contributed by atoms with Gasteiger partial charge >= 0.3 is 0 Å². The molecular formula is C15H11BrFNO. The van der Waals surface area contributed by atoms with Gasteiger partial charge in [0.1, 0.15) is 5.82 Å². The lowest BCUT2D eigenvalue weighted by atomic mass is 10.2. The van der Waals surface area contributed by atoms with Crippen LogP contribution in [0.15, 0.2) is 59.1 Å². The fraction of sp³-hybridized carbons (Fsp3) is 0. The van der Waals surface area contributed by atoms with Crippen LogP contribution in [0.2, 0.25) is 0 Å². The van der Waals surface area contributed by atoms with E-state index in [0.29, 0.717) is 5.69 Å². The average Bonchev–Trinajstić information content (AvgIpc) is 2.38. The molecule has 0 unspecified atom stereocenters. The van der Waals surface area contributed by atoms with Gasteiger partial charge in [0.15, 0.2) is 0 Å². The average molecular weight is 320 g/mol. The molecule has 0 bridgehead atoms. The topological polar surface area (TPSA) is 29.1 Å². The van der Waals surface area contributed by atoms with Gasteiger partial charge in [-0.05, 0) is 42.0 Å². The van der Waals surface area contributed by atoms with Gasteiger partial charge in [0, 0.05) is 16.2 Å². The number of nitrogens with one attached hydrogen (secondary N) is 1. The molecule has 0 aliphatic heterocycles. The monoisotopic (exact) mass is 319 g/mol. The van der Waals surface area contributed by atoms with E-state index in [-0.39, 0.29) is 11.7 Å². The van der Waals surface area contributed by atoms with Gasteiger partial charge in [0.05, 0.1) is 0 Å². The van der Waals surface area contributed by atoms with Crippen LogP contribution in [0.5, 0.6) is 0 Å². The van der Waals surface area contributed by atoms with Gasteiger partial charge in [-0.2, -0.15) is 0 Å². The fourth-order valence-corrected chi connectivity index (χ4v) is 1.90. The second-order valence-corrected chi connectivity index (χ2v) is 4.80. The van der Waals surface area contributed by atoms with E-state index in [1.165, 1.54) is 18.2 Å². The van der Waals surface area contributed by atoms with Crippen molar-refractivity contribution in [1.29, 1.82) is 0 Å². The number of rotatable bonds is 3. The first-order chi connectivity index (χ1) is 9.13. The van der Waals surface area contributed by atoms with E-state index >= 15 is 0 Å². The predicted octanol–water partition coefficient (Wildman–Crippen LogP) is 4.24. The minimum absolute atomic E-state index is 0.234. The van der Waals surface area contributed by atoms with E-state index < -0.39 is 0 Å². The number of benzene rings is 2. The molecule has 2 aromatic carbocycles. The van der Waals surface area contributed by atoms with Crippen LogP contribution >= 0.6 is 15.9 Å². The van der Waals surface area contributed by atoms with Crippen LogP contribution < -0.4 is 5.32 Å². The van der Waals surface area contributed by atoms with Gasteiger partial charge in [0.25, 0.3) is 0 Å². The number of hydrogen-bond acceptors (Lipinski definition) is 1. The SMILES string of the molecule is O=C(C=Cc1ccc(F)cc1)Nc1cccc(Br)c1. The number of anilines is 1. The number of amides is 1. The molecule has 0 radical (unpaired) electrons. The van der Waals surface area contributed by atoms with Crippen molar-refractivity contribution in [3.05, 3.63) is 70.5 Å². The summed E-state index contributed by atoms with van der Waals surface area (Å²) in [5.74, 6) is -0.529. The standard InChI is InChI=1S/C15H11BrFNO/c16-12-2-1-3-14(10-12)18-15(19)9-6-11-4-7-13(17)8-5-11/h1-10H,(H,18,19). The first kappa shape index (κ1) is 13.5. The van der Waals surface area contributed by atoms with Crippen LogP contribution in [0.25, 0.3) is 6.08 Å².